The second-order valence-electron chi connectivity index (χ2n) is 3.25. The maximum atomic E-state index is 4.32. The van der Waals surface area contributed by atoms with Gasteiger partial charge in [0.1, 0.15) is 0 Å². The molecule has 0 nitrogen and oxygen atoms in total. The quantitative estimate of drug-likeness (QED) is 0.650. The number of benzene rings is 2. The van der Waals surface area contributed by atoms with E-state index in [9.17, 15) is 0 Å². The zero-order valence-corrected chi connectivity index (χ0v) is 8.51. The van der Waals surface area contributed by atoms with E-state index in [-0.39, 0.29) is 0 Å². The van der Waals surface area contributed by atoms with Crippen LogP contribution in [0.5, 0.6) is 0 Å². The molecular formula is C12H12S. The molecule has 0 aliphatic heterocycles. The Morgan fingerprint density at radius 2 is 1.69 bits per heavy atom. The van der Waals surface area contributed by atoms with E-state index in [0.29, 0.717) is 0 Å². The molecule has 66 valence electrons. The van der Waals surface area contributed by atoms with Gasteiger partial charge in [0.05, 0.1) is 0 Å². The molecule has 0 aliphatic rings. The molecule has 0 fully saturated rings. The minimum atomic E-state index is 0.806. The standard InChI is InChI=1S/C12H12S/c1-9-4-2-7-12-10(8-13)5-3-6-11(9)12/h2-7,13H,8H2,1H3. The van der Waals surface area contributed by atoms with Crippen LogP contribution in [0.3, 0.4) is 0 Å². The summed E-state index contributed by atoms with van der Waals surface area (Å²) in [5, 5.41) is 2.67. The molecule has 13 heavy (non-hydrogen) atoms. The Hall–Kier alpha value is -0.950. The molecule has 0 aromatic heterocycles. The van der Waals surface area contributed by atoms with Gasteiger partial charge in [0.15, 0.2) is 0 Å². The van der Waals surface area contributed by atoms with E-state index in [4.69, 9.17) is 0 Å². The lowest BCUT2D eigenvalue weighted by molar-refractivity contribution is 1.45. The van der Waals surface area contributed by atoms with E-state index >= 15 is 0 Å². The molecule has 1 heteroatoms. The monoisotopic (exact) mass is 188 g/mol. The highest BCUT2D eigenvalue weighted by Crippen LogP contribution is 2.22. The summed E-state index contributed by atoms with van der Waals surface area (Å²) in [5.74, 6) is 0.806. The second-order valence-corrected chi connectivity index (χ2v) is 3.56. The lowest BCUT2D eigenvalue weighted by atomic mass is 10.0. The molecule has 2 aromatic rings. The Morgan fingerprint density at radius 3 is 2.46 bits per heavy atom. The summed E-state index contributed by atoms with van der Waals surface area (Å²) in [6.07, 6.45) is 0. The van der Waals surface area contributed by atoms with E-state index in [0.717, 1.165) is 5.75 Å². The van der Waals surface area contributed by atoms with Crippen molar-refractivity contribution < 1.29 is 0 Å². The van der Waals surface area contributed by atoms with Crippen LogP contribution in [0.2, 0.25) is 0 Å². The molecule has 0 amide bonds. The minimum Gasteiger partial charge on any atom is -0.175 e. The fourth-order valence-corrected chi connectivity index (χ4v) is 1.95. The highest BCUT2D eigenvalue weighted by molar-refractivity contribution is 7.79. The van der Waals surface area contributed by atoms with Crippen molar-refractivity contribution in [3.8, 4) is 0 Å². The molecule has 0 aliphatic carbocycles. The van der Waals surface area contributed by atoms with Crippen molar-refractivity contribution in [2.45, 2.75) is 12.7 Å². The van der Waals surface area contributed by atoms with Crippen molar-refractivity contribution in [2.75, 3.05) is 0 Å². The van der Waals surface area contributed by atoms with Gasteiger partial charge < -0.3 is 0 Å². The second kappa shape index (κ2) is 3.43. The summed E-state index contributed by atoms with van der Waals surface area (Å²) in [7, 11) is 0. The van der Waals surface area contributed by atoms with Crippen LogP contribution in [0.1, 0.15) is 11.1 Å². The van der Waals surface area contributed by atoms with Crippen LogP contribution in [-0.2, 0) is 5.75 Å². The van der Waals surface area contributed by atoms with Gasteiger partial charge in [-0.1, -0.05) is 36.4 Å². The van der Waals surface area contributed by atoms with Crippen LogP contribution in [0.25, 0.3) is 10.8 Å². The van der Waals surface area contributed by atoms with Crippen molar-refractivity contribution >= 4 is 23.4 Å². The number of hydrogen-bond donors (Lipinski definition) is 1. The molecular weight excluding hydrogens is 176 g/mol. The molecule has 0 saturated heterocycles. The van der Waals surface area contributed by atoms with Crippen molar-refractivity contribution in [2.24, 2.45) is 0 Å². The number of aryl methyl sites for hydroxylation is 1. The Labute approximate surface area is 84.0 Å². The van der Waals surface area contributed by atoms with Crippen molar-refractivity contribution in [1.29, 1.82) is 0 Å². The molecule has 0 unspecified atom stereocenters. The van der Waals surface area contributed by atoms with E-state index in [1.165, 1.54) is 21.9 Å². The van der Waals surface area contributed by atoms with Crippen molar-refractivity contribution in [3.05, 3.63) is 47.5 Å². The smallest absolute Gasteiger partial charge is 0.0160 e. The van der Waals surface area contributed by atoms with E-state index in [1.807, 2.05) is 0 Å². The predicted molar refractivity (Wildman–Crippen MR) is 61.4 cm³/mol. The maximum Gasteiger partial charge on any atom is 0.0160 e. The van der Waals surface area contributed by atoms with E-state index in [2.05, 4.69) is 56.0 Å². The fraction of sp³-hybridized carbons (Fsp3) is 0.167. The molecule has 0 atom stereocenters. The first-order chi connectivity index (χ1) is 6.33. The maximum absolute atomic E-state index is 4.32. The lowest BCUT2D eigenvalue weighted by Crippen LogP contribution is -1.83. The first kappa shape index (κ1) is 8.64. The number of fused-ring (bicyclic) bond motifs is 1. The SMILES string of the molecule is Cc1cccc2c(CS)cccc12. The van der Waals surface area contributed by atoms with Gasteiger partial charge in [0.2, 0.25) is 0 Å². The van der Waals surface area contributed by atoms with Crippen molar-refractivity contribution in [3.63, 3.8) is 0 Å². The Balaban J connectivity index is 2.84. The molecule has 0 saturated carbocycles. The van der Waals surface area contributed by atoms with Gasteiger partial charge in [-0.25, -0.2) is 0 Å². The van der Waals surface area contributed by atoms with Gasteiger partial charge in [-0.2, -0.15) is 12.6 Å². The Kier molecular flexibility index (Phi) is 2.28. The van der Waals surface area contributed by atoms with Gasteiger partial charge in [0, 0.05) is 5.75 Å². The molecule has 2 aromatic carbocycles. The number of hydrogen-bond acceptors (Lipinski definition) is 1. The number of rotatable bonds is 1. The average molecular weight is 188 g/mol. The molecule has 2 rings (SSSR count). The third kappa shape index (κ3) is 1.44. The average Bonchev–Trinajstić information content (AvgIpc) is 2.18. The first-order valence-corrected chi connectivity index (χ1v) is 5.04. The highest BCUT2D eigenvalue weighted by atomic mass is 32.1. The summed E-state index contributed by atoms with van der Waals surface area (Å²) in [6.45, 7) is 2.14. The molecule has 0 heterocycles. The normalized spacial score (nSPS) is 10.6. The Morgan fingerprint density at radius 1 is 1.00 bits per heavy atom. The zero-order chi connectivity index (χ0) is 9.26. The predicted octanol–water partition coefficient (Wildman–Crippen LogP) is 3.58. The van der Waals surface area contributed by atoms with E-state index < -0.39 is 0 Å². The van der Waals surface area contributed by atoms with Crippen LogP contribution in [-0.4, -0.2) is 0 Å². The molecule has 0 N–H and O–H groups in total. The van der Waals surface area contributed by atoms with Crippen LogP contribution >= 0.6 is 12.6 Å². The third-order valence-corrected chi connectivity index (χ3v) is 2.74. The van der Waals surface area contributed by atoms with Gasteiger partial charge >= 0.3 is 0 Å². The fourth-order valence-electron chi connectivity index (χ4n) is 1.67. The van der Waals surface area contributed by atoms with Gasteiger partial charge in [-0.3, -0.25) is 0 Å². The summed E-state index contributed by atoms with van der Waals surface area (Å²) in [4.78, 5) is 0. The molecule has 0 bridgehead atoms. The summed E-state index contributed by atoms with van der Waals surface area (Å²) >= 11 is 4.32. The van der Waals surface area contributed by atoms with Gasteiger partial charge in [-0.15, -0.1) is 0 Å². The van der Waals surface area contributed by atoms with Crippen LogP contribution in [0.15, 0.2) is 36.4 Å². The van der Waals surface area contributed by atoms with Crippen LogP contribution in [0, 0.1) is 6.92 Å². The minimum absolute atomic E-state index is 0.806. The zero-order valence-electron chi connectivity index (χ0n) is 7.62. The lowest BCUT2D eigenvalue weighted by Gasteiger charge is -2.05. The van der Waals surface area contributed by atoms with Gasteiger partial charge in [-0.05, 0) is 28.8 Å². The van der Waals surface area contributed by atoms with Crippen molar-refractivity contribution in [1.82, 2.24) is 0 Å². The molecule has 0 spiro atoms. The van der Waals surface area contributed by atoms with Crippen LogP contribution in [0.4, 0.5) is 0 Å². The largest absolute Gasteiger partial charge is 0.175 e. The summed E-state index contributed by atoms with van der Waals surface area (Å²) < 4.78 is 0. The summed E-state index contributed by atoms with van der Waals surface area (Å²) in [6, 6.07) is 12.8. The van der Waals surface area contributed by atoms with E-state index in [1.54, 1.807) is 0 Å². The topological polar surface area (TPSA) is 0 Å². The van der Waals surface area contributed by atoms with Gasteiger partial charge in [0.25, 0.3) is 0 Å². The first-order valence-electron chi connectivity index (χ1n) is 4.41. The number of thiol groups is 1. The Bertz CT molecular complexity index is 432. The highest BCUT2D eigenvalue weighted by Gasteiger charge is 1.99. The summed E-state index contributed by atoms with van der Waals surface area (Å²) in [5.41, 5.74) is 2.64. The van der Waals surface area contributed by atoms with Crippen LogP contribution < -0.4 is 0 Å². The molecule has 0 radical (unpaired) electrons. The third-order valence-electron chi connectivity index (χ3n) is 2.40.